The standard InChI is InChI=1S/C20H17N3O2S/c1-13-3-5-15(6-4-13)19-21-16(12-26-19)11-25-20(24)17-10-23-8-7-14(2)9-18(23)22-17/h3-10,12H,11H2,1-2H3. The van der Waals surface area contributed by atoms with Gasteiger partial charge < -0.3 is 9.14 Å². The molecule has 0 atom stereocenters. The Bertz CT molecular complexity index is 1080. The van der Waals surface area contributed by atoms with E-state index in [9.17, 15) is 4.79 Å². The van der Waals surface area contributed by atoms with Gasteiger partial charge >= 0.3 is 5.97 Å². The van der Waals surface area contributed by atoms with Gasteiger partial charge in [-0.05, 0) is 31.5 Å². The SMILES string of the molecule is Cc1ccc(-c2nc(COC(=O)c3cn4ccc(C)cc4n3)cs2)cc1. The lowest BCUT2D eigenvalue weighted by molar-refractivity contribution is 0.0462. The van der Waals surface area contributed by atoms with Crippen LogP contribution < -0.4 is 0 Å². The zero-order valence-corrected chi connectivity index (χ0v) is 15.3. The number of benzene rings is 1. The second-order valence-electron chi connectivity index (χ2n) is 6.18. The van der Waals surface area contributed by atoms with Crippen LogP contribution in [0.25, 0.3) is 16.2 Å². The Kier molecular flexibility index (Phi) is 4.26. The van der Waals surface area contributed by atoms with Crippen molar-refractivity contribution >= 4 is 23.0 Å². The molecule has 0 spiro atoms. The molecule has 0 fully saturated rings. The van der Waals surface area contributed by atoms with Gasteiger partial charge in [-0.2, -0.15) is 0 Å². The van der Waals surface area contributed by atoms with E-state index in [0.29, 0.717) is 5.69 Å². The van der Waals surface area contributed by atoms with Crippen molar-refractivity contribution in [1.29, 1.82) is 0 Å². The number of rotatable bonds is 4. The van der Waals surface area contributed by atoms with Crippen LogP contribution in [0.3, 0.4) is 0 Å². The topological polar surface area (TPSA) is 56.5 Å². The number of hydrogen-bond acceptors (Lipinski definition) is 5. The van der Waals surface area contributed by atoms with Crippen LogP contribution in [0.15, 0.2) is 54.2 Å². The Hall–Kier alpha value is -2.99. The maximum absolute atomic E-state index is 12.3. The number of pyridine rings is 1. The number of imidazole rings is 1. The van der Waals surface area contributed by atoms with Gasteiger partial charge in [0.2, 0.25) is 0 Å². The van der Waals surface area contributed by atoms with Crippen LogP contribution in [-0.4, -0.2) is 20.3 Å². The predicted octanol–water partition coefficient (Wildman–Crippen LogP) is 4.43. The maximum Gasteiger partial charge on any atom is 0.358 e. The van der Waals surface area contributed by atoms with Gasteiger partial charge in [-0.3, -0.25) is 0 Å². The lowest BCUT2D eigenvalue weighted by atomic mass is 10.2. The summed E-state index contributed by atoms with van der Waals surface area (Å²) in [5, 5.41) is 2.83. The third kappa shape index (κ3) is 3.36. The number of carbonyl (C=O) groups excluding carboxylic acids is 1. The summed E-state index contributed by atoms with van der Waals surface area (Å²) in [5.41, 5.74) is 5.13. The molecule has 0 N–H and O–H groups in total. The number of ether oxygens (including phenoxy) is 1. The lowest BCUT2D eigenvalue weighted by Gasteiger charge is -2.00. The summed E-state index contributed by atoms with van der Waals surface area (Å²) in [5.74, 6) is -0.448. The molecular weight excluding hydrogens is 346 g/mol. The van der Waals surface area contributed by atoms with Crippen LogP contribution in [0.1, 0.15) is 27.3 Å². The minimum Gasteiger partial charge on any atom is -0.454 e. The summed E-state index contributed by atoms with van der Waals surface area (Å²) in [4.78, 5) is 21.1. The Morgan fingerprint density at radius 2 is 1.92 bits per heavy atom. The van der Waals surface area contributed by atoms with Crippen molar-refractivity contribution in [3.8, 4) is 10.6 Å². The second kappa shape index (κ2) is 6.72. The van der Waals surface area contributed by atoms with Crippen LogP contribution in [-0.2, 0) is 11.3 Å². The van der Waals surface area contributed by atoms with Gasteiger partial charge in [0.25, 0.3) is 0 Å². The lowest BCUT2D eigenvalue weighted by Crippen LogP contribution is -2.05. The average Bonchev–Trinajstić information content (AvgIpc) is 3.27. The van der Waals surface area contributed by atoms with Crippen molar-refractivity contribution in [3.05, 3.63) is 76.7 Å². The van der Waals surface area contributed by atoms with Crippen molar-refractivity contribution in [2.45, 2.75) is 20.5 Å². The summed E-state index contributed by atoms with van der Waals surface area (Å²) in [6, 6.07) is 12.1. The minimum atomic E-state index is -0.448. The summed E-state index contributed by atoms with van der Waals surface area (Å²) >= 11 is 1.54. The van der Waals surface area contributed by atoms with Crippen molar-refractivity contribution in [3.63, 3.8) is 0 Å². The number of esters is 1. The molecule has 0 unspecified atom stereocenters. The zero-order chi connectivity index (χ0) is 18.1. The highest BCUT2D eigenvalue weighted by atomic mass is 32.1. The smallest absolute Gasteiger partial charge is 0.358 e. The van der Waals surface area contributed by atoms with Gasteiger partial charge in [-0.1, -0.05) is 29.8 Å². The molecule has 0 saturated carbocycles. The fraction of sp³-hybridized carbons (Fsp3) is 0.150. The van der Waals surface area contributed by atoms with Crippen LogP contribution in [0.4, 0.5) is 0 Å². The summed E-state index contributed by atoms with van der Waals surface area (Å²) < 4.78 is 7.18. The normalized spacial score (nSPS) is 11.0. The molecule has 0 bridgehead atoms. The Morgan fingerprint density at radius 1 is 1.12 bits per heavy atom. The molecule has 6 heteroatoms. The molecule has 4 aromatic rings. The Morgan fingerprint density at radius 3 is 2.73 bits per heavy atom. The average molecular weight is 363 g/mol. The number of carbonyl (C=O) groups is 1. The molecule has 5 nitrogen and oxygen atoms in total. The van der Waals surface area contributed by atoms with Crippen LogP contribution in [0.5, 0.6) is 0 Å². The molecule has 0 radical (unpaired) electrons. The number of fused-ring (bicyclic) bond motifs is 1. The molecule has 0 saturated heterocycles. The van der Waals surface area contributed by atoms with Gasteiger partial charge in [-0.25, -0.2) is 14.8 Å². The first kappa shape index (κ1) is 16.5. The highest BCUT2D eigenvalue weighted by molar-refractivity contribution is 7.13. The largest absolute Gasteiger partial charge is 0.454 e. The third-order valence-electron chi connectivity index (χ3n) is 4.03. The van der Waals surface area contributed by atoms with E-state index >= 15 is 0 Å². The third-order valence-corrected chi connectivity index (χ3v) is 4.97. The fourth-order valence-electron chi connectivity index (χ4n) is 2.60. The Balaban J connectivity index is 1.44. The number of thiazole rings is 1. The van der Waals surface area contributed by atoms with Crippen LogP contribution >= 0.6 is 11.3 Å². The van der Waals surface area contributed by atoms with E-state index in [-0.39, 0.29) is 6.61 Å². The molecular formula is C20H17N3O2S. The monoisotopic (exact) mass is 363 g/mol. The van der Waals surface area contributed by atoms with Crippen molar-refractivity contribution in [2.75, 3.05) is 0 Å². The highest BCUT2D eigenvalue weighted by Crippen LogP contribution is 2.24. The number of aryl methyl sites for hydroxylation is 2. The van der Waals surface area contributed by atoms with Gasteiger partial charge in [0, 0.05) is 23.3 Å². The van der Waals surface area contributed by atoms with Crippen molar-refractivity contribution < 1.29 is 9.53 Å². The molecule has 0 aliphatic rings. The van der Waals surface area contributed by atoms with E-state index in [1.54, 1.807) is 6.20 Å². The van der Waals surface area contributed by atoms with E-state index in [1.807, 2.05) is 47.2 Å². The molecule has 1 aromatic carbocycles. The zero-order valence-electron chi connectivity index (χ0n) is 14.5. The first-order chi connectivity index (χ1) is 12.6. The molecule has 0 aliphatic heterocycles. The Labute approximate surface area is 154 Å². The predicted molar refractivity (Wildman–Crippen MR) is 101 cm³/mol. The van der Waals surface area contributed by atoms with Crippen LogP contribution in [0, 0.1) is 13.8 Å². The molecule has 130 valence electrons. The molecule has 3 aromatic heterocycles. The highest BCUT2D eigenvalue weighted by Gasteiger charge is 2.14. The van der Waals surface area contributed by atoms with Crippen LogP contribution in [0.2, 0.25) is 0 Å². The van der Waals surface area contributed by atoms with Gasteiger partial charge in [0.05, 0.1) is 5.69 Å². The van der Waals surface area contributed by atoms with E-state index < -0.39 is 5.97 Å². The van der Waals surface area contributed by atoms with E-state index in [4.69, 9.17) is 4.74 Å². The number of nitrogens with zero attached hydrogens (tertiary/aromatic N) is 3. The molecule has 0 amide bonds. The maximum atomic E-state index is 12.3. The second-order valence-corrected chi connectivity index (χ2v) is 7.04. The van der Waals surface area contributed by atoms with Gasteiger partial charge in [0.1, 0.15) is 17.3 Å². The molecule has 4 rings (SSSR count). The van der Waals surface area contributed by atoms with Crippen molar-refractivity contribution in [2.24, 2.45) is 0 Å². The van der Waals surface area contributed by atoms with Gasteiger partial charge in [0.15, 0.2) is 5.69 Å². The number of hydrogen-bond donors (Lipinski definition) is 0. The molecule has 0 aliphatic carbocycles. The van der Waals surface area contributed by atoms with E-state index in [1.165, 1.54) is 16.9 Å². The first-order valence-corrected chi connectivity index (χ1v) is 9.10. The van der Waals surface area contributed by atoms with E-state index in [0.717, 1.165) is 27.5 Å². The quantitative estimate of drug-likeness (QED) is 0.503. The summed E-state index contributed by atoms with van der Waals surface area (Å²) in [7, 11) is 0. The summed E-state index contributed by atoms with van der Waals surface area (Å²) in [6.07, 6.45) is 3.55. The van der Waals surface area contributed by atoms with Crippen molar-refractivity contribution in [1.82, 2.24) is 14.4 Å². The first-order valence-electron chi connectivity index (χ1n) is 8.22. The minimum absolute atomic E-state index is 0.133. The summed E-state index contributed by atoms with van der Waals surface area (Å²) in [6.45, 7) is 4.17. The molecule has 3 heterocycles. The number of aromatic nitrogens is 3. The van der Waals surface area contributed by atoms with Gasteiger partial charge in [-0.15, -0.1) is 11.3 Å². The van der Waals surface area contributed by atoms with E-state index in [2.05, 4.69) is 29.0 Å². The molecule has 26 heavy (non-hydrogen) atoms. The fourth-order valence-corrected chi connectivity index (χ4v) is 3.41.